The normalized spacial score (nSPS) is 11.1. The molecular weight excluding hydrogens is 204 g/mol. The summed E-state index contributed by atoms with van der Waals surface area (Å²) < 4.78 is 0. The summed E-state index contributed by atoms with van der Waals surface area (Å²) in [6.45, 7) is 5.86. The first-order valence-electron chi connectivity index (χ1n) is 7.64. The first kappa shape index (κ1) is 16.5. The molecule has 0 radical (unpaired) electrons. The second-order valence-corrected chi connectivity index (χ2v) is 4.97. The molecule has 0 unspecified atom stereocenters. The van der Waals surface area contributed by atoms with Gasteiger partial charge in [-0.05, 0) is 32.6 Å². The number of allylic oxidation sites excluding steroid dienone is 3. The SMILES string of the molecule is C=CCCCCCCCCCCCCC=CC. The Bertz CT molecular complexity index is 167. The molecule has 0 saturated carbocycles. The molecule has 0 spiro atoms. The lowest BCUT2D eigenvalue weighted by atomic mass is 10.1. The van der Waals surface area contributed by atoms with Gasteiger partial charge in [-0.15, -0.1) is 6.58 Å². The fraction of sp³-hybridized carbons (Fsp3) is 0.765. The van der Waals surface area contributed by atoms with Gasteiger partial charge in [-0.3, -0.25) is 0 Å². The Morgan fingerprint density at radius 1 is 0.647 bits per heavy atom. The zero-order chi connectivity index (χ0) is 12.6. The molecule has 0 aromatic rings. The summed E-state index contributed by atoms with van der Waals surface area (Å²) in [4.78, 5) is 0. The first-order valence-corrected chi connectivity index (χ1v) is 7.64. The Kier molecular flexibility index (Phi) is 15.0. The third kappa shape index (κ3) is 15.5. The number of hydrogen-bond acceptors (Lipinski definition) is 0. The molecule has 0 aliphatic heterocycles. The van der Waals surface area contributed by atoms with E-state index in [0.29, 0.717) is 0 Å². The molecule has 0 fully saturated rings. The van der Waals surface area contributed by atoms with Crippen molar-refractivity contribution in [3.63, 3.8) is 0 Å². The van der Waals surface area contributed by atoms with E-state index < -0.39 is 0 Å². The lowest BCUT2D eigenvalue weighted by Crippen LogP contribution is -1.82. The predicted molar refractivity (Wildman–Crippen MR) is 80.4 cm³/mol. The maximum absolute atomic E-state index is 3.75. The van der Waals surface area contributed by atoms with Crippen molar-refractivity contribution in [3.05, 3.63) is 24.8 Å². The highest BCUT2D eigenvalue weighted by Crippen LogP contribution is 2.12. The van der Waals surface area contributed by atoms with Crippen molar-refractivity contribution in [2.24, 2.45) is 0 Å². The molecule has 0 atom stereocenters. The van der Waals surface area contributed by atoms with E-state index in [1.807, 2.05) is 6.08 Å². The second-order valence-electron chi connectivity index (χ2n) is 4.97. The van der Waals surface area contributed by atoms with Crippen molar-refractivity contribution < 1.29 is 0 Å². The Hall–Kier alpha value is -0.520. The molecule has 17 heavy (non-hydrogen) atoms. The fourth-order valence-corrected chi connectivity index (χ4v) is 2.13. The average Bonchev–Trinajstić information content (AvgIpc) is 2.35. The minimum atomic E-state index is 1.20. The molecular formula is C17H32. The topological polar surface area (TPSA) is 0 Å². The van der Waals surface area contributed by atoms with Crippen LogP contribution >= 0.6 is 0 Å². The Balaban J connectivity index is 2.91. The predicted octanol–water partition coefficient (Wildman–Crippen LogP) is 6.43. The summed E-state index contributed by atoms with van der Waals surface area (Å²) in [6, 6.07) is 0. The highest BCUT2D eigenvalue weighted by molar-refractivity contribution is 4.76. The third-order valence-corrected chi connectivity index (χ3v) is 3.26. The van der Waals surface area contributed by atoms with Crippen LogP contribution in [0, 0.1) is 0 Å². The molecule has 0 aliphatic rings. The summed E-state index contributed by atoms with van der Waals surface area (Å²) in [5.74, 6) is 0. The van der Waals surface area contributed by atoms with Gasteiger partial charge in [0.2, 0.25) is 0 Å². The zero-order valence-corrected chi connectivity index (χ0v) is 11.9. The van der Waals surface area contributed by atoms with Gasteiger partial charge in [-0.2, -0.15) is 0 Å². The van der Waals surface area contributed by atoms with Gasteiger partial charge in [0, 0.05) is 0 Å². The van der Waals surface area contributed by atoms with E-state index in [1.165, 1.54) is 77.0 Å². The Morgan fingerprint density at radius 2 is 1.06 bits per heavy atom. The maximum atomic E-state index is 3.75. The second kappa shape index (κ2) is 15.5. The van der Waals surface area contributed by atoms with E-state index in [-0.39, 0.29) is 0 Å². The smallest absolute Gasteiger partial charge is 0.0351 e. The summed E-state index contributed by atoms with van der Waals surface area (Å²) in [7, 11) is 0. The van der Waals surface area contributed by atoms with Gasteiger partial charge >= 0.3 is 0 Å². The molecule has 0 amide bonds. The lowest BCUT2D eigenvalue weighted by molar-refractivity contribution is 0.553. The van der Waals surface area contributed by atoms with Crippen LogP contribution in [0.2, 0.25) is 0 Å². The van der Waals surface area contributed by atoms with Gasteiger partial charge in [-0.1, -0.05) is 69.6 Å². The monoisotopic (exact) mass is 236 g/mol. The van der Waals surface area contributed by atoms with Crippen molar-refractivity contribution in [2.45, 2.75) is 84.0 Å². The molecule has 0 heterocycles. The molecule has 0 aromatic heterocycles. The molecule has 0 aliphatic carbocycles. The quantitative estimate of drug-likeness (QED) is 0.255. The van der Waals surface area contributed by atoms with Crippen molar-refractivity contribution >= 4 is 0 Å². The van der Waals surface area contributed by atoms with Crippen LogP contribution in [0.5, 0.6) is 0 Å². The summed E-state index contributed by atoms with van der Waals surface area (Å²) >= 11 is 0. The van der Waals surface area contributed by atoms with E-state index in [0.717, 1.165) is 0 Å². The van der Waals surface area contributed by atoms with E-state index in [2.05, 4.69) is 25.7 Å². The highest BCUT2D eigenvalue weighted by atomic mass is 14.0. The van der Waals surface area contributed by atoms with Crippen molar-refractivity contribution in [1.29, 1.82) is 0 Å². The molecule has 0 saturated heterocycles. The standard InChI is InChI=1S/C17H32/c1-3-5-7-9-11-13-15-17-16-14-12-10-8-6-4-2/h3-4,6H,1,5,7-17H2,2H3. The van der Waals surface area contributed by atoms with Crippen LogP contribution in [-0.4, -0.2) is 0 Å². The van der Waals surface area contributed by atoms with E-state index in [4.69, 9.17) is 0 Å². The van der Waals surface area contributed by atoms with Gasteiger partial charge in [0.05, 0.1) is 0 Å². The molecule has 100 valence electrons. The molecule has 0 aromatic carbocycles. The summed E-state index contributed by atoms with van der Waals surface area (Å²) in [6.07, 6.45) is 23.1. The third-order valence-electron chi connectivity index (χ3n) is 3.26. The van der Waals surface area contributed by atoms with Crippen molar-refractivity contribution in [1.82, 2.24) is 0 Å². The van der Waals surface area contributed by atoms with Crippen LogP contribution in [0.1, 0.15) is 84.0 Å². The summed E-state index contributed by atoms with van der Waals surface area (Å²) in [5.41, 5.74) is 0. The molecule has 0 N–H and O–H groups in total. The van der Waals surface area contributed by atoms with Crippen LogP contribution in [-0.2, 0) is 0 Å². The van der Waals surface area contributed by atoms with Gasteiger partial charge < -0.3 is 0 Å². The Labute approximate surface area is 109 Å². The van der Waals surface area contributed by atoms with E-state index in [9.17, 15) is 0 Å². The molecule has 0 rings (SSSR count). The Morgan fingerprint density at radius 3 is 1.47 bits per heavy atom. The van der Waals surface area contributed by atoms with Gasteiger partial charge in [0.25, 0.3) is 0 Å². The minimum Gasteiger partial charge on any atom is -0.103 e. The van der Waals surface area contributed by atoms with Crippen molar-refractivity contribution in [3.8, 4) is 0 Å². The maximum Gasteiger partial charge on any atom is -0.0351 e. The first-order chi connectivity index (χ1) is 8.41. The number of rotatable bonds is 13. The number of unbranched alkanes of at least 4 members (excludes halogenated alkanes) is 11. The van der Waals surface area contributed by atoms with Crippen LogP contribution in [0.25, 0.3) is 0 Å². The fourth-order valence-electron chi connectivity index (χ4n) is 2.13. The molecule has 0 nitrogen and oxygen atoms in total. The van der Waals surface area contributed by atoms with Crippen LogP contribution < -0.4 is 0 Å². The van der Waals surface area contributed by atoms with Crippen LogP contribution in [0.15, 0.2) is 24.8 Å². The highest BCUT2D eigenvalue weighted by Gasteiger charge is 1.92. The van der Waals surface area contributed by atoms with Gasteiger partial charge in [0.15, 0.2) is 0 Å². The van der Waals surface area contributed by atoms with E-state index >= 15 is 0 Å². The average molecular weight is 236 g/mol. The molecule has 0 bridgehead atoms. The minimum absolute atomic E-state index is 1.20. The molecule has 0 heteroatoms. The lowest BCUT2D eigenvalue weighted by Gasteiger charge is -2.01. The van der Waals surface area contributed by atoms with Crippen molar-refractivity contribution in [2.75, 3.05) is 0 Å². The van der Waals surface area contributed by atoms with E-state index in [1.54, 1.807) is 0 Å². The van der Waals surface area contributed by atoms with Crippen LogP contribution in [0.3, 0.4) is 0 Å². The zero-order valence-electron chi connectivity index (χ0n) is 11.9. The largest absolute Gasteiger partial charge is 0.103 e. The van der Waals surface area contributed by atoms with Gasteiger partial charge in [-0.25, -0.2) is 0 Å². The van der Waals surface area contributed by atoms with Crippen LogP contribution in [0.4, 0.5) is 0 Å². The number of hydrogen-bond donors (Lipinski definition) is 0. The summed E-state index contributed by atoms with van der Waals surface area (Å²) in [5, 5.41) is 0. The van der Waals surface area contributed by atoms with Gasteiger partial charge in [0.1, 0.15) is 0 Å².